The van der Waals surface area contributed by atoms with Crippen molar-refractivity contribution in [3.05, 3.63) is 0 Å². The van der Waals surface area contributed by atoms with Crippen molar-refractivity contribution < 1.29 is 5.11 Å². The summed E-state index contributed by atoms with van der Waals surface area (Å²) in [6.07, 6.45) is 2.44. The van der Waals surface area contributed by atoms with Crippen LogP contribution in [-0.4, -0.2) is 44.2 Å². The lowest BCUT2D eigenvalue weighted by atomic mass is 9.86. The van der Waals surface area contributed by atoms with Gasteiger partial charge in [0.25, 0.3) is 0 Å². The third-order valence-electron chi connectivity index (χ3n) is 2.62. The van der Waals surface area contributed by atoms with Gasteiger partial charge in [-0.15, -0.1) is 0 Å². The van der Waals surface area contributed by atoms with Gasteiger partial charge >= 0.3 is 0 Å². The summed E-state index contributed by atoms with van der Waals surface area (Å²) >= 11 is 0. The van der Waals surface area contributed by atoms with Crippen LogP contribution in [0.4, 0.5) is 0 Å². The first-order chi connectivity index (χ1) is 4.36. The maximum atomic E-state index is 9.36. The number of hydrogen-bond donors (Lipinski definition) is 1. The summed E-state index contributed by atoms with van der Waals surface area (Å²) in [7, 11) is 0. The lowest BCUT2D eigenvalue weighted by molar-refractivity contribution is -0.0227. The predicted octanol–water partition coefficient (Wildman–Crippen LogP) is -1.11. The fourth-order valence-corrected chi connectivity index (χ4v) is 1.93. The molecule has 0 aromatic rings. The molecule has 3 heterocycles. The molecule has 10 heavy (non-hydrogen) atoms. The van der Waals surface area contributed by atoms with Gasteiger partial charge in [-0.25, -0.2) is 0 Å². The average molecular weight is 141 g/mol. The van der Waals surface area contributed by atoms with Gasteiger partial charge in [-0.2, -0.15) is 0 Å². The van der Waals surface area contributed by atoms with Crippen molar-refractivity contribution in [1.29, 1.82) is 0 Å². The second-order valence-electron chi connectivity index (χ2n) is 3.21. The molecule has 3 aliphatic heterocycles. The van der Waals surface area contributed by atoms with E-state index < -0.39 is 0 Å². The highest BCUT2D eigenvalue weighted by molar-refractivity contribution is 5.75. The van der Waals surface area contributed by atoms with Crippen LogP contribution in [0.15, 0.2) is 0 Å². The van der Waals surface area contributed by atoms with Gasteiger partial charge in [0.1, 0.15) is 0 Å². The van der Waals surface area contributed by atoms with E-state index in [1.807, 2.05) is 0 Å². The monoisotopic (exact) mass is 141 g/mol. The average Bonchev–Trinajstić information content (AvgIpc) is 1.90. The highest BCUT2D eigenvalue weighted by Gasteiger charge is 2.32. The van der Waals surface area contributed by atoms with Crippen LogP contribution < -0.4 is 0 Å². The van der Waals surface area contributed by atoms with Crippen molar-refractivity contribution >= 4 is 8.41 Å². The molecule has 3 rings (SSSR count). The molecule has 2 nitrogen and oxygen atoms in total. The first kappa shape index (κ1) is 8.09. The Balaban J connectivity index is 0.000000500. The zero-order valence-electron chi connectivity index (χ0n) is 5.58. The number of rotatable bonds is 0. The van der Waals surface area contributed by atoms with E-state index in [1.165, 1.54) is 25.9 Å². The molecular formula is C7H16BNO. The molecule has 3 fully saturated rings. The Morgan fingerprint density at radius 3 is 2.00 bits per heavy atom. The van der Waals surface area contributed by atoms with Gasteiger partial charge in [0.05, 0.1) is 14.5 Å². The van der Waals surface area contributed by atoms with E-state index in [1.54, 1.807) is 0 Å². The number of aliphatic hydroxyl groups is 1. The highest BCUT2D eigenvalue weighted by atomic mass is 16.3. The minimum absolute atomic E-state index is 0. The summed E-state index contributed by atoms with van der Waals surface area (Å²) in [5, 5.41) is 9.36. The van der Waals surface area contributed by atoms with Crippen molar-refractivity contribution in [1.82, 2.24) is 4.90 Å². The lowest BCUT2D eigenvalue weighted by Gasteiger charge is -2.42. The summed E-state index contributed by atoms with van der Waals surface area (Å²) in [5.74, 6) is 0.634. The summed E-state index contributed by atoms with van der Waals surface area (Å²) in [4.78, 5) is 2.35. The first-order valence-corrected chi connectivity index (χ1v) is 3.76. The molecule has 0 radical (unpaired) electrons. The van der Waals surface area contributed by atoms with Gasteiger partial charge in [-0.1, -0.05) is 0 Å². The molecule has 0 aliphatic carbocycles. The molecule has 58 valence electrons. The third kappa shape index (κ3) is 1.20. The van der Waals surface area contributed by atoms with Crippen molar-refractivity contribution in [3.8, 4) is 0 Å². The van der Waals surface area contributed by atoms with E-state index in [0.29, 0.717) is 5.92 Å². The minimum atomic E-state index is -0.00694. The molecular weight excluding hydrogens is 125 g/mol. The second-order valence-corrected chi connectivity index (χ2v) is 3.21. The van der Waals surface area contributed by atoms with Gasteiger partial charge in [0, 0.05) is 6.54 Å². The molecule has 3 saturated heterocycles. The maximum Gasteiger partial charge on any atom is 0.0814 e. The Morgan fingerprint density at radius 2 is 1.80 bits per heavy atom. The van der Waals surface area contributed by atoms with Gasteiger partial charge in [-0.05, 0) is 31.8 Å². The Hall–Kier alpha value is -0.0151. The van der Waals surface area contributed by atoms with E-state index in [-0.39, 0.29) is 14.5 Å². The van der Waals surface area contributed by atoms with Crippen LogP contribution in [0.2, 0.25) is 0 Å². The van der Waals surface area contributed by atoms with Crippen molar-refractivity contribution in [3.63, 3.8) is 0 Å². The summed E-state index contributed by atoms with van der Waals surface area (Å²) in [6, 6.07) is 0. The van der Waals surface area contributed by atoms with E-state index in [9.17, 15) is 5.11 Å². The fraction of sp³-hybridized carbons (Fsp3) is 1.00. The molecule has 0 unspecified atom stereocenters. The van der Waals surface area contributed by atoms with Crippen LogP contribution in [0.5, 0.6) is 0 Å². The maximum absolute atomic E-state index is 9.36. The van der Waals surface area contributed by atoms with Crippen molar-refractivity contribution in [2.24, 2.45) is 5.92 Å². The highest BCUT2D eigenvalue weighted by Crippen LogP contribution is 2.26. The molecule has 3 heteroatoms. The molecule has 3 aliphatic rings. The predicted molar refractivity (Wildman–Crippen MR) is 45.1 cm³/mol. The molecule has 0 aromatic carbocycles. The van der Waals surface area contributed by atoms with Crippen LogP contribution in [0.25, 0.3) is 0 Å². The quantitative estimate of drug-likeness (QED) is 0.432. The van der Waals surface area contributed by atoms with Crippen LogP contribution in [0.1, 0.15) is 12.8 Å². The number of aliphatic hydroxyl groups excluding tert-OH is 1. The van der Waals surface area contributed by atoms with E-state index in [2.05, 4.69) is 4.90 Å². The van der Waals surface area contributed by atoms with Crippen LogP contribution in [0.3, 0.4) is 0 Å². The largest absolute Gasteiger partial charge is 0.392 e. The van der Waals surface area contributed by atoms with Gasteiger partial charge < -0.3 is 10.0 Å². The van der Waals surface area contributed by atoms with E-state index >= 15 is 0 Å². The van der Waals surface area contributed by atoms with Gasteiger partial charge in [0.15, 0.2) is 0 Å². The van der Waals surface area contributed by atoms with Crippen LogP contribution in [0, 0.1) is 5.92 Å². The smallest absolute Gasteiger partial charge is 0.0814 e. The zero-order valence-corrected chi connectivity index (χ0v) is 5.58. The Morgan fingerprint density at radius 1 is 1.20 bits per heavy atom. The number of nitrogens with zero attached hydrogens (tertiary/aromatic N) is 1. The SMILES string of the molecule is B.O[C@H]1CN2CCC1CC2. The van der Waals surface area contributed by atoms with Gasteiger partial charge in [0.2, 0.25) is 0 Å². The van der Waals surface area contributed by atoms with E-state index in [4.69, 9.17) is 0 Å². The summed E-state index contributed by atoms with van der Waals surface area (Å²) in [6.45, 7) is 3.38. The minimum Gasteiger partial charge on any atom is -0.392 e. The van der Waals surface area contributed by atoms with Crippen molar-refractivity contribution in [2.45, 2.75) is 18.9 Å². The molecule has 2 bridgehead atoms. The molecule has 0 aromatic heterocycles. The second kappa shape index (κ2) is 2.93. The third-order valence-corrected chi connectivity index (χ3v) is 2.62. The zero-order chi connectivity index (χ0) is 6.27. The molecule has 1 N–H and O–H groups in total. The summed E-state index contributed by atoms with van der Waals surface area (Å²) in [5.41, 5.74) is 0. The Kier molecular flexibility index (Phi) is 2.37. The Bertz CT molecular complexity index is 112. The van der Waals surface area contributed by atoms with Crippen LogP contribution in [-0.2, 0) is 0 Å². The number of piperidine rings is 3. The molecule has 0 spiro atoms. The molecule has 1 atom stereocenters. The Labute approximate surface area is 63.8 Å². The number of fused-ring (bicyclic) bond motifs is 3. The fourth-order valence-electron chi connectivity index (χ4n) is 1.93. The molecule has 0 saturated carbocycles. The van der Waals surface area contributed by atoms with Gasteiger partial charge in [-0.3, -0.25) is 0 Å². The van der Waals surface area contributed by atoms with Crippen molar-refractivity contribution in [2.75, 3.05) is 19.6 Å². The summed E-state index contributed by atoms with van der Waals surface area (Å²) < 4.78 is 0. The number of hydrogen-bond acceptors (Lipinski definition) is 2. The first-order valence-electron chi connectivity index (χ1n) is 3.76. The van der Waals surface area contributed by atoms with E-state index in [0.717, 1.165) is 6.54 Å². The van der Waals surface area contributed by atoms with Crippen LogP contribution >= 0.6 is 0 Å². The normalized spacial score (nSPS) is 44.7. The standard InChI is InChI=1S/C7H13NO.BH3/c9-7-5-8-3-1-6(7)2-4-8;/h6-7,9H,1-5H2;1H3/t7-;/m0./s1. The molecule has 0 amide bonds. The lowest BCUT2D eigenvalue weighted by Crippen LogP contribution is -2.50. The topological polar surface area (TPSA) is 23.5 Å².